The largest absolute Gasteiger partial charge is 0.525 e. The highest BCUT2D eigenvalue weighted by atomic mass is 19.4. The lowest BCUT2D eigenvalue weighted by atomic mass is 9.96. The molecule has 4 atom stereocenters. The van der Waals surface area contributed by atoms with Crippen molar-refractivity contribution in [1.82, 2.24) is 0 Å². The van der Waals surface area contributed by atoms with Gasteiger partial charge in [0.15, 0.2) is 0 Å². The molecule has 0 rings (SSSR count). The van der Waals surface area contributed by atoms with Gasteiger partial charge in [0.25, 0.3) is 0 Å². The van der Waals surface area contributed by atoms with E-state index in [1.807, 2.05) is 0 Å². The summed E-state index contributed by atoms with van der Waals surface area (Å²) in [4.78, 5) is 0. The molecule has 0 aromatic carbocycles. The van der Waals surface area contributed by atoms with E-state index >= 15 is 0 Å². The number of alkyl halides is 26. The Labute approximate surface area is 202 Å². The van der Waals surface area contributed by atoms with Gasteiger partial charge in [0.05, 0.1) is 0 Å². The van der Waals surface area contributed by atoms with Crippen LogP contribution < -0.4 is 0 Å². The number of ether oxygens (including phenoxy) is 3. The minimum Gasteiger partial charge on any atom is -0.284 e. The summed E-state index contributed by atoms with van der Waals surface area (Å²) >= 11 is 0. The van der Waals surface area contributed by atoms with Crippen LogP contribution in [-0.2, 0) is 14.2 Å². The molecule has 0 saturated heterocycles. The Balaban J connectivity index is 7.99. The second-order valence-electron chi connectivity index (χ2n) is 6.72. The maximum absolute atomic E-state index is 14.2. The Bertz CT molecular complexity index is 845. The fourth-order valence-electron chi connectivity index (χ4n) is 2.13. The molecule has 0 aliphatic heterocycles. The number of hydrogen-bond acceptors (Lipinski definition) is 3. The summed E-state index contributed by atoms with van der Waals surface area (Å²) in [6, 6.07) is 0. The van der Waals surface area contributed by atoms with E-state index < -0.39 is 72.7 Å². The van der Waals surface area contributed by atoms with Crippen molar-refractivity contribution in [3.63, 3.8) is 0 Å². The standard InChI is InChI=1S/C12F26O3/c13-1(14,5(19,9(27,28)29)40-11(33,34)35)3(17,7(21,22)23)39-4(18,8(24,25)26)2(15,16)6(20,10(30,31)32)41-12(36,37)38. The maximum atomic E-state index is 14.2. The number of rotatable bonds is 8. The van der Waals surface area contributed by atoms with Gasteiger partial charge in [0.2, 0.25) is 0 Å². The second kappa shape index (κ2) is 9.79. The monoisotopic (exact) mass is 686 g/mol. The highest BCUT2D eigenvalue weighted by Gasteiger charge is 2.96. The Morgan fingerprint density at radius 3 is 0.488 bits per heavy atom. The summed E-state index contributed by atoms with van der Waals surface area (Å²) in [5, 5.41) is 0. The van der Waals surface area contributed by atoms with Gasteiger partial charge in [0.1, 0.15) is 0 Å². The van der Waals surface area contributed by atoms with Crippen LogP contribution in [-0.4, -0.2) is 72.7 Å². The van der Waals surface area contributed by atoms with Gasteiger partial charge in [-0.2, -0.15) is 87.8 Å². The summed E-state index contributed by atoms with van der Waals surface area (Å²) in [5.74, 6) is -55.4. The molecule has 29 heteroatoms. The van der Waals surface area contributed by atoms with Crippen LogP contribution in [0.5, 0.6) is 0 Å². The molecule has 0 radical (unpaired) electrons. The molecule has 4 unspecified atom stereocenters. The Hall–Kier alpha value is -1.94. The molecule has 41 heavy (non-hydrogen) atoms. The van der Waals surface area contributed by atoms with Crippen LogP contribution in [0.25, 0.3) is 0 Å². The van der Waals surface area contributed by atoms with Crippen molar-refractivity contribution >= 4 is 0 Å². The summed E-state index contributed by atoms with van der Waals surface area (Å²) in [6.07, 6.45) is -50.4. The predicted octanol–water partition coefficient (Wildman–Crippen LogP) is 8.26. The molecule has 0 heterocycles. The summed E-state index contributed by atoms with van der Waals surface area (Å²) < 4.78 is 339. The quantitative estimate of drug-likeness (QED) is 0.241. The van der Waals surface area contributed by atoms with Crippen LogP contribution in [0.1, 0.15) is 0 Å². The highest BCUT2D eigenvalue weighted by Crippen LogP contribution is 2.64. The number of hydrogen-bond donors (Lipinski definition) is 0. The first-order chi connectivity index (χ1) is 17.1. The fourth-order valence-corrected chi connectivity index (χ4v) is 2.13. The molecule has 0 N–H and O–H groups in total. The van der Waals surface area contributed by atoms with Crippen molar-refractivity contribution in [2.75, 3.05) is 0 Å². The van der Waals surface area contributed by atoms with E-state index in [4.69, 9.17) is 0 Å². The molecule has 0 saturated carbocycles. The third-order valence-electron chi connectivity index (χ3n) is 3.87. The predicted molar refractivity (Wildman–Crippen MR) is 64.8 cm³/mol. The first kappa shape index (κ1) is 39.1. The highest BCUT2D eigenvalue weighted by molar-refractivity contribution is 5.11. The number of halogens is 26. The van der Waals surface area contributed by atoms with Gasteiger partial charge in [-0.15, -0.1) is 26.3 Å². The van der Waals surface area contributed by atoms with Crippen molar-refractivity contribution in [2.45, 2.75) is 72.7 Å². The molecule has 0 spiro atoms. The van der Waals surface area contributed by atoms with Crippen molar-refractivity contribution in [3.05, 3.63) is 0 Å². The fraction of sp³-hybridized carbons (Fsp3) is 1.00. The molecule has 0 fully saturated rings. The van der Waals surface area contributed by atoms with Crippen LogP contribution in [0.15, 0.2) is 0 Å². The van der Waals surface area contributed by atoms with Gasteiger partial charge in [-0.25, -0.2) is 9.47 Å². The molecular weight excluding hydrogens is 686 g/mol. The molecule has 0 aliphatic carbocycles. The molecule has 0 aromatic rings. The summed E-state index contributed by atoms with van der Waals surface area (Å²) in [6.45, 7) is 0. The topological polar surface area (TPSA) is 27.7 Å². The van der Waals surface area contributed by atoms with Gasteiger partial charge >= 0.3 is 72.7 Å². The van der Waals surface area contributed by atoms with Gasteiger partial charge in [0, 0.05) is 0 Å². The lowest BCUT2D eigenvalue weighted by Crippen LogP contribution is -2.78. The van der Waals surface area contributed by atoms with E-state index in [1.54, 1.807) is 0 Å². The van der Waals surface area contributed by atoms with Crippen molar-refractivity contribution < 1.29 is 128 Å². The second-order valence-corrected chi connectivity index (χ2v) is 6.72. The van der Waals surface area contributed by atoms with E-state index in [9.17, 15) is 114 Å². The van der Waals surface area contributed by atoms with Gasteiger partial charge in [-0.3, -0.25) is 4.74 Å². The van der Waals surface area contributed by atoms with Crippen LogP contribution in [0, 0.1) is 0 Å². The average Bonchev–Trinajstić information content (AvgIpc) is 2.60. The summed E-state index contributed by atoms with van der Waals surface area (Å²) in [5.41, 5.74) is 0. The molecule has 3 nitrogen and oxygen atoms in total. The zero-order valence-corrected chi connectivity index (χ0v) is 17.1. The minimum atomic E-state index is -9.44. The maximum Gasteiger partial charge on any atom is 0.525 e. The lowest BCUT2D eigenvalue weighted by Gasteiger charge is -2.47. The summed E-state index contributed by atoms with van der Waals surface area (Å²) in [7, 11) is 0. The van der Waals surface area contributed by atoms with Gasteiger partial charge in [-0.05, 0) is 0 Å². The molecular formula is C12F26O3. The van der Waals surface area contributed by atoms with E-state index in [2.05, 4.69) is 0 Å². The van der Waals surface area contributed by atoms with Gasteiger partial charge in [-0.1, -0.05) is 0 Å². The van der Waals surface area contributed by atoms with Crippen LogP contribution >= 0.6 is 0 Å². The Morgan fingerprint density at radius 1 is 0.220 bits per heavy atom. The Kier molecular flexibility index (Phi) is 9.33. The third kappa shape index (κ3) is 6.38. The molecule has 0 aromatic heterocycles. The van der Waals surface area contributed by atoms with Crippen molar-refractivity contribution in [1.29, 1.82) is 0 Å². The van der Waals surface area contributed by atoms with Crippen molar-refractivity contribution in [3.8, 4) is 0 Å². The van der Waals surface area contributed by atoms with E-state index in [0.717, 1.165) is 14.2 Å². The zero-order valence-electron chi connectivity index (χ0n) is 17.1. The van der Waals surface area contributed by atoms with Crippen LogP contribution in [0.3, 0.4) is 0 Å². The molecule has 0 aliphatic rings. The average molecular weight is 686 g/mol. The van der Waals surface area contributed by atoms with Crippen molar-refractivity contribution in [2.24, 2.45) is 0 Å². The van der Waals surface area contributed by atoms with Crippen LogP contribution in [0.2, 0.25) is 0 Å². The van der Waals surface area contributed by atoms with E-state index in [0.29, 0.717) is 0 Å². The van der Waals surface area contributed by atoms with E-state index in [-0.39, 0.29) is 0 Å². The first-order valence-electron chi connectivity index (χ1n) is 8.14. The molecule has 0 amide bonds. The molecule has 0 bridgehead atoms. The smallest absolute Gasteiger partial charge is 0.284 e. The van der Waals surface area contributed by atoms with Crippen LogP contribution in [0.4, 0.5) is 114 Å². The Morgan fingerprint density at radius 2 is 0.366 bits per heavy atom. The zero-order chi connectivity index (χ0) is 34.1. The lowest BCUT2D eigenvalue weighted by molar-refractivity contribution is -0.574. The first-order valence-corrected chi connectivity index (χ1v) is 8.14. The van der Waals surface area contributed by atoms with Gasteiger partial charge < -0.3 is 0 Å². The SMILES string of the molecule is FC(F)(F)OC(F)(C(F)(F)F)C(F)(F)C(F)(OC(F)(C(F)(F)F)C(F)(F)C(F)(OC(F)(F)F)C(F)(F)F)C(F)(F)F. The third-order valence-corrected chi connectivity index (χ3v) is 3.87. The normalized spacial score (nSPS) is 21.5. The molecule has 248 valence electrons. The minimum absolute atomic E-state index is 0.738. The van der Waals surface area contributed by atoms with E-state index in [1.165, 1.54) is 0 Å².